The summed E-state index contributed by atoms with van der Waals surface area (Å²) in [4.78, 5) is 42.1. The first kappa shape index (κ1) is 22.9. The highest BCUT2D eigenvalue weighted by molar-refractivity contribution is 5.95. The molecule has 0 radical (unpaired) electrons. The van der Waals surface area contributed by atoms with Crippen LogP contribution in [0.4, 0.5) is 11.6 Å². The molecule has 0 aliphatic carbocycles. The zero-order valence-corrected chi connectivity index (χ0v) is 19.7. The van der Waals surface area contributed by atoms with Gasteiger partial charge >= 0.3 is 0 Å². The van der Waals surface area contributed by atoms with Crippen LogP contribution in [0.2, 0.25) is 0 Å². The zero-order valence-electron chi connectivity index (χ0n) is 19.7. The molecular weight excluding hydrogens is 416 g/mol. The fourth-order valence-corrected chi connectivity index (χ4v) is 4.51. The van der Waals surface area contributed by atoms with Gasteiger partial charge in [-0.1, -0.05) is 39.0 Å². The van der Waals surface area contributed by atoms with Crippen LogP contribution >= 0.6 is 0 Å². The molecule has 0 saturated carbocycles. The average Bonchev–Trinajstić information content (AvgIpc) is 2.86. The molecule has 33 heavy (non-hydrogen) atoms. The number of carbonyl (C=O) groups excluding carboxylic acids is 1. The van der Waals surface area contributed by atoms with Gasteiger partial charge in [-0.05, 0) is 49.7 Å². The van der Waals surface area contributed by atoms with Crippen molar-refractivity contribution in [2.45, 2.75) is 65.3 Å². The van der Waals surface area contributed by atoms with Gasteiger partial charge in [0.25, 0.3) is 5.56 Å². The number of para-hydroxylation sites is 1. The molecule has 0 unspecified atom stereocenters. The molecule has 0 spiro atoms. The molecule has 1 aliphatic rings. The first-order valence-electron chi connectivity index (χ1n) is 12.0. The van der Waals surface area contributed by atoms with E-state index in [-0.39, 0.29) is 11.5 Å². The molecule has 1 fully saturated rings. The summed E-state index contributed by atoms with van der Waals surface area (Å²) in [5.74, 6) is 0.391. The maximum atomic E-state index is 13.3. The Hall–Kier alpha value is -3.29. The van der Waals surface area contributed by atoms with E-state index in [1.165, 1.54) is 17.3 Å². The van der Waals surface area contributed by atoms with Gasteiger partial charge in [-0.15, -0.1) is 0 Å². The molecule has 1 amide bonds. The minimum absolute atomic E-state index is 0.220. The molecule has 4 rings (SSSR count). The van der Waals surface area contributed by atoms with Gasteiger partial charge in [-0.3, -0.25) is 14.2 Å². The SMILES string of the molecule is CCc1cccc(CC)c1NC(=O)[C@H](CC)n1cnc2nc(N3CCCCC3)ncc2c1=O. The molecule has 8 heteroatoms. The molecule has 1 aliphatic heterocycles. The number of piperidine rings is 1. The number of benzene rings is 1. The Morgan fingerprint density at radius 3 is 2.39 bits per heavy atom. The predicted octanol–water partition coefficient (Wildman–Crippen LogP) is 3.89. The van der Waals surface area contributed by atoms with Crippen molar-refractivity contribution < 1.29 is 4.79 Å². The topological polar surface area (TPSA) is 93.0 Å². The lowest BCUT2D eigenvalue weighted by molar-refractivity contribution is -0.119. The molecule has 174 valence electrons. The van der Waals surface area contributed by atoms with Gasteiger partial charge in [0, 0.05) is 25.0 Å². The number of aromatic nitrogens is 4. The molecule has 3 aromatic rings. The van der Waals surface area contributed by atoms with E-state index in [1.807, 2.05) is 25.1 Å². The van der Waals surface area contributed by atoms with Crippen molar-refractivity contribution in [1.29, 1.82) is 0 Å². The Balaban J connectivity index is 1.65. The highest BCUT2D eigenvalue weighted by Gasteiger charge is 2.23. The third kappa shape index (κ3) is 4.60. The van der Waals surface area contributed by atoms with E-state index in [4.69, 9.17) is 0 Å². The largest absolute Gasteiger partial charge is 0.341 e. The number of nitrogens with one attached hydrogen (secondary N) is 1. The Morgan fingerprint density at radius 2 is 1.76 bits per heavy atom. The minimum Gasteiger partial charge on any atom is -0.341 e. The van der Waals surface area contributed by atoms with Crippen molar-refractivity contribution in [3.05, 3.63) is 52.2 Å². The van der Waals surface area contributed by atoms with Crippen molar-refractivity contribution in [2.75, 3.05) is 23.3 Å². The van der Waals surface area contributed by atoms with Gasteiger partial charge in [0.05, 0.1) is 0 Å². The lowest BCUT2D eigenvalue weighted by atomic mass is 10.0. The number of hydrogen-bond donors (Lipinski definition) is 1. The summed E-state index contributed by atoms with van der Waals surface area (Å²) in [7, 11) is 0. The fourth-order valence-electron chi connectivity index (χ4n) is 4.51. The van der Waals surface area contributed by atoms with Gasteiger partial charge in [0.2, 0.25) is 11.9 Å². The van der Waals surface area contributed by atoms with Gasteiger partial charge in [0.15, 0.2) is 5.65 Å². The maximum absolute atomic E-state index is 13.3. The Morgan fingerprint density at radius 1 is 1.06 bits per heavy atom. The van der Waals surface area contributed by atoms with Crippen LogP contribution in [0, 0.1) is 0 Å². The van der Waals surface area contributed by atoms with Crippen LogP contribution in [-0.4, -0.2) is 38.5 Å². The minimum atomic E-state index is -0.675. The fraction of sp³-hybridized carbons (Fsp3) is 0.480. The standard InChI is InChI=1S/C25H32N6O2/c1-4-17-11-10-12-18(5-2)21(17)28-23(32)20(6-3)31-16-27-22-19(24(31)33)15-26-25(29-22)30-13-8-7-9-14-30/h10-12,15-16,20H,4-9,13-14H2,1-3H3,(H,28,32)/t20-/m0/s1. The highest BCUT2D eigenvalue weighted by Crippen LogP contribution is 2.24. The van der Waals surface area contributed by atoms with Crippen molar-refractivity contribution in [2.24, 2.45) is 0 Å². The van der Waals surface area contributed by atoms with E-state index < -0.39 is 6.04 Å². The first-order valence-corrected chi connectivity index (χ1v) is 12.0. The van der Waals surface area contributed by atoms with E-state index in [9.17, 15) is 9.59 Å². The summed E-state index contributed by atoms with van der Waals surface area (Å²) < 4.78 is 1.40. The Bertz CT molecular complexity index is 1180. The number of fused-ring (bicyclic) bond motifs is 1. The number of hydrogen-bond acceptors (Lipinski definition) is 6. The molecule has 3 heterocycles. The second-order valence-electron chi connectivity index (χ2n) is 8.48. The van der Waals surface area contributed by atoms with Crippen LogP contribution in [0.25, 0.3) is 11.0 Å². The average molecular weight is 449 g/mol. The third-order valence-corrected chi connectivity index (χ3v) is 6.44. The molecule has 1 N–H and O–H groups in total. The summed E-state index contributed by atoms with van der Waals surface area (Å²) in [6.07, 6.45) is 8.53. The molecule has 8 nitrogen and oxygen atoms in total. The number of nitrogens with zero attached hydrogens (tertiary/aromatic N) is 5. The number of aryl methyl sites for hydroxylation is 2. The second-order valence-corrected chi connectivity index (χ2v) is 8.48. The summed E-state index contributed by atoms with van der Waals surface area (Å²) in [6, 6.07) is 5.39. The van der Waals surface area contributed by atoms with E-state index in [0.717, 1.165) is 55.6 Å². The third-order valence-electron chi connectivity index (χ3n) is 6.44. The Labute approximate surface area is 194 Å². The van der Waals surface area contributed by atoms with Crippen molar-refractivity contribution in [1.82, 2.24) is 19.5 Å². The van der Waals surface area contributed by atoms with Crippen LogP contribution in [0.15, 0.2) is 35.5 Å². The summed E-state index contributed by atoms with van der Waals surface area (Å²) >= 11 is 0. The van der Waals surface area contributed by atoms with Crippen LogP contribution in [0.1, 0.15) is 63.6 Å². The van der Waals surface area contributed by atoms with Gasteiger partial charge in [-0.25, -0.2) is 9.97 Å². The van der Waals surface area contributed by atoms with Crippen LogP contribution in [0.5, 0.6) is 0 Å². The van der Waals surface area contributed by atoms with E-state index in [2.05, 4.69) is 39.0 Å². The van der Waals surface area contributed by atoms with Gasteiger partial charge in [-0.2, -0.15) is 4.98 Å². The van der Waals surface area contributed by atoms with Crippen molar-refractivity contribution >= 4 is 28.6 Å². The lowest BCUT2D eigenvalue weighted by Crippen LogP contribution is -2.34. The van der Waals surface area contributed by atoms with E-state index >= 15 is 0 Å². The summed E-state index contributed by atoms with van der Waals surface area (Å²) in [6.45, 7) is 7.86. The molecule has 1 atom stereocenters. The normalized spacial score (nSPS) is 14.9. The lowest BCUT2D eigenvalue weighted by Gasteiger charge is -2.26. The summed E-state index contributed by atoms with van der Waals surface area (Å²) in [5.41, 5.74) is 3.08. The highest BCUT2D eigenvalue weighted by atomic mass is 16.2. The number of anilines is 2. The molecular formula is C25H32N6O2. The Kier molecular flexibility index (Phi) is 7.01. The zero-order chi connectivity index (χ0) is 23.4. The number of carbonyl (C=O) groups is 1. The maximum Gasteiger partial charge on any atom is 0.265 e. The molecule has 2 aromatic heterocycles. The van der Waals surface area contributed by atoms with Crippen LogP contribution in [-0.2, 0) is 17.6 Å². The van der Waals surface area contributed by atoms with E-state index in [0.29, 0.717) is 23.4 Å². The molecule has 1 aromatic carbocycles. The van der Waals surface area contributed by atoms with Crippen molar-refractivity contribution in [3.8, 4) is 0 Å². The van der Waals surface area contributed by atoms with Crippen LogP contribution in [0.3, 0.4) is 0 Å². The molecule has 0 bridgehead atoms. The van der Waals surface area contributed by atoms with Crippen molar-refractivity contribution in [3.63, 3.8) is 0 Å². The quantitative estimate of drug-likeness (QED) is 0.589. The first-order chi connectivity index (χ1) is 16.1. The van der Waals surface area contributed by atoms with Gasteiger partial charge < -0.3 is 10.2 Å². The number of rotatable bonds is 7. The van der Waals surface area contributed by atoms with Gasteiger partial charge in [0.1, 0.15) is 17.8 Å². The monoisotopic (exact) mass is 448 g/mol. The van der Waals surface area contributed by atoms with E-state index in [1.54, 1.807) is 6.20 Å². The smallest absolute Gasteiger partial charge is 0.265 e. The van der Waals surface area contributed by atoms with Crippen LogP contribution < -0.4 is 15.8 Å². The summed E-state index contributed by atoms with van der Waals surface area (Å²) in [5, 5.41) is 3.42. The molecule has 1 saturated heterocycles. The number of amides is 1. The predicted molar refractivity (Wildman–Crippen MR) is 131 cm³/mol. The second kappa shape index (κ2) is 10.1.